The molecule has 1 aromatic carbocycles. The molecule has 9 heteroatoms. The SMILES string of the molecule is Cc1nc(C)c(-c2nnc(SCC(=O)N(C)Cc3ccccc3F)o2)s1. The smallest absolute Gasteiger partial charge is 0.277 e. The van der Waals surface area contributed by atoms with Crippen LogP contribution < -0.4 is 0 Å². The van der Waals surface area contributed by atoms with Gasteiger partial charge in [-0.15, -0.1) is 21.5 Å². The normalized spacial score (nSPS) is 10.9. The first-order chi connectivity index (χ1) is 12.4. The lowest BCUT2D eigenvalue weighted by Gasteiger charge is -2.16. The Balaban J connectivity index is 1.58. The number of thiazole rings is 1. The van der Waals surface area contributed by atoms with Gasteiger partial charge < -0.3 is 9.32 Å². The van der Waals surface area contributed by atoms with Crippen LogP contribution in [-0.2, 0) is 11.3 Å². The molecule has 0 unspecified atom stereocenters. The minimum absolute atomic E-state index is 0.132. The van der Waals surface area contributed by atoms with Gasteiger partial charge in [0.1, 0.15) is 10.7 Å². The van der Waals surface area contributed by atoms with E-state index in [4.69, 9.17) is 4.42 Å². The van der Waals surface area contributed by atoms with E-state index < -0.39 is 0 Å². The predicted molar refractivity (Wildman–Crippen MR) is 98.5 cm³/mol. The minimum atomic E-state index is -0.323. The summed E-state index contributed by atoms with van der Waals surface area (Å²) in [5.41, 5.74) is 1.32. The summed E-state index contributed by atoms with van der Waals surface area (Å²) in [7, 11) is 1.64. The van der Waals surface area contributed by atoms with Crippen molar-refractivity contribution in [2.45, 2.75) is 25.6 Å². The predicted octanol–water partition coefficient (Wildman–Crippen LogP) is 3.70. The highest BCUT2D eigenvalue weighted by atomic mass is 32.2. The number of hydrogen-bond acceptors (Lipinski definition) is 7. The number of amides is 1. The lowest BCUT2D eigenvalue weighted by atomic mass is 10.2. The second-order valence-electron chi connectivity index (χ2n) is 5.65. The Bertz CT molecular complexity index is 925. The Labute approximate surface area is 158 Å². The van der Waals surface area contributed by atoms with Crippen molar-refractivity contribution in [3.05, 3.63) is 46.3 Å². The van der Waals surface area contributed by atoms with Gasteiger partial charge >= 0.3 is 0 Å². The number of aromatic nitrogens is 3. The third-order valence-corrected chi connectivity index (χ3v) is 5.48. The van der Waals surface area contributed by atoms with Gasteiger partial charge in [0.25, 0.3) is 11.1 Å². The van der Waals surface area contributed by atoms with Crippen LogP contribution >= 0.6 is 23.1 Å². The summed E-state index contributed by atoms with van der Waals surface area (Å²) in [6.45, 7) is 4.01. The second kappa shape index (κ2) is 7.96. The van der Waals surface area contributed by atoms with E-state index in [2.05, 4.69) is 15.2 Å². The van der Waals surface area contributed by atoms with Crippen molar-refractivity contribution in [1.82, 2.24) is 20.1 Å². The van der Waals surface area contributed by atoms with E-state index >= 15 is 0 Å². The zero-order chi connectivity index (χ0) is 18.7. The number of rotatable bonds is 6. The molecule has 2 heterocycles. The average Bonchev–Trinajstić information content (AvgIpc) is 3.20. The van der Waals surface area contributed by atoms with E-state index in [0.717, 1.165) is 27.3 Å². The lowest BCUT2D eigenvalue weighted by Crippen LogP contribution is -2.28. The van der Waals surface area contributed by atoms with Crippen LogP contribution in [0.25, 0.3) is 10.8 Å². The highest BCUT2D eigenvalue weighted by molar-refractivity contribution is 7.99. The quantitative estimate of drug-likeness (QED) is 0.596. The molecule has 0 saturated heterocycles. The molecule has 26 heavy (non-hydrogen) atoms. The topological polar surface area (TPSA) is 72.1 Å². The number of thioether (sulfide) groups is 1. The van der Waals surface area contributed by atoms with Crippen molar-refractivity contribution in [1.29, 1.82) is 0 Å². The van der Waals surface area contributed by atoms with Gasteiger partial charge in [-0.3, -0.25) is 4.79 Å². The first-order valence-corrected chi connectivity index (χ1v) is 9.62. The zero-order valence-corrected chi connectivity index (χ0v) is 16.2. The minimum Gasteiger partial charge on any atom is -0.410 e. The summed E-state index contributed by atoms with van der Waals surface area (Å²) in [6.07, 6.45) is 0. The van der Waals surface area contributed by atoms with Crippen LogP contribution in [0.5, 0.6) is 0 Å². The Morgan fingerprint density at radius 3 is 2.77 bits per heavy atom. The van der Waals surface area contributed by atoms with Crippen molar-refractivity contribution in [3.8, 4) is 10.8 Å². The van der Waals surface area contributed by atoms with Crippen LogP contribution in [0.2, 0.25) is 0 Å². The molecular formula is C17H17FN4O2S2. The van der Waals surface area contributed by atoms with Crippen LogP contribution in [0.15, 0.2) is 33.9 Å². The molecule has 0 spiro atoms. The van der Waals surface area contributed by atoms with E-state index in [1.54, 1.807) is 25.2 Å². The van der Waals surface area contributed by atoms with Gasteiger partial charge in [0.05, 0.1) is 16.5 Å². The molecule has 0 aliphatic carbocycles. The third kappa shape index (κ3) is 4.28. The number of halogens is 1. The average molecular weight is 392 g/mol. The number of carbonyl (C=O) groups excluding carboxylic acids is 1. The summed E-state index contributed by atoms with van der Waals surface area (Å²) in [5.74, 6) is 0.0648. The molecule has 136 valence electrons. The van der Waals surface area contributed by atoms with Crippen molar-refractivity contribution < 1.29 is 13.6 Å². The van der Waals surface area contributed by atoms with Crippen LogP contribution in [0.1, 0.15) is 16.3 Å². The number of carbonyl (C=O) groups is 1. The van der Waals surface area contributed by atoms with Gasteiger partial charge in [0.15, 0.2) is 0 Å². The molecule has 0 bridgehead atoms. The molecule has 2 aromatic heterocycles. The molecule has 0 atom stereocenters. The molecule has 0 aliphatic rings. The first kappa shape index (κ1) is 18.5. The molecule has 6 nitrogen and oxygen atoms in total. The number of benzene rings is 1. The van der Waals surface area contributed by atoms with E-state index in [9.17, 15) is 9.18 Å². The molecule has 0 radical (unpaired) electrons. The van der Waals surface area contributed by atoms with Crippen LogP contribution in [0, 0.1) is 19.7 Å². The van der Waals surface area contributed by atoms with Crippen LogP contribution in [0.4, 0.5) is 4.39 Å². The van der Waals surface area contributed by atoms with Gasteiger partial charge in [0.2, 0.25) is 5.91 Å². The Hall–Kier alpha value is -2.26. The molecule has 0 N–H and O–H groups in total. The maximum atomic E-state index is 13.7. The van der Waals surface area contributed by atoms with Crippen LogP contribution in [0.3, 0.4) is 0 Å². The van der Waals surface area contributed by atoms with E-state index in [-0.39, 0.29) is 24.0 Å². The van der Waals surface area contributed by atoms with Gasteiger partial charge in [-0.1, -0.05) is 30.0 Å². The maximum Gasteiger partial charge on any atom is 0.277 e. The van der Waals surface area contributed by atoms with Crippen molar-refractivity contribution in [2.75, 3.05) is 12.8 Å². The molecule has 0 saturated carbocycles. The fourth-order valence-electron chi connectivity index (χ4n) is 2.29. The zero-order valence-electron chi connectivity index (χ0n) is 14.5. The summed E-state index contributed by atoms with van der Waals surface area (Å²) in [4.78, 5) is 18.9. The van der Waals surface area contributed by atoms with Crippen molar-refractivity contribution in [2.24, 2.45) is 0 Å². The van der Waals surface area contributed by atoms with Crippen molar-refractivity contribution >= 4 is 29.0 Å². The number of nitrogens with zero attached hydrogens (tertiary/aromatic N) is 4. The summed E-state index contributed by atoms with van der Waals surface area (Å²) in [5, 5.41) is 9.23. The molecule has 3 rings (SSSR count). The molecule has 0 fully saturated rings. The Morgan fingerprint density at radius 2 is 2.08 bits per heavy atom. The maximum absolute atomic E-state index is 13.7. The third-order valence-electron chi connectivity index (χ3n) is 3.61. The summed E-state index contributed by atoms with van der Waals surface area (Å²) >= 11 is 2.64. The van der Waals surface area contributed by atoms with E-state index in [1.165, 1.54) is 22.3 Å². The molecule has 3 aromatic rings. The second-order valence-corrected chi connectivity index (χ2v) is 7.78. The summed E-state index contributed by atoms with van der Waals surface area (Å²) in [6, 6.07) is 6.41. The Morgan fingerprint density at radius 1 is 1.31 bits per heavy atom. The first-order valence-electron chi connectivity index (χ1n) is 7.82. The highest BCUT2D eigenvalue weighted by Crippen LogP contribution is 2.30. The van der Waals surface area contributed by atoms with Crippen LogP contribution in [-0.4, -0.2) is 38.8 Å². The Kier molecular flexibility index (Phi) is 5.67. The standard InChI is InChI=1S/C17H17FN4O2S2/c1-10-15(26-11(2)19-10)16-20-21-17(24-16)25-9-14(23)22(3)8-12-6-4-5-7-13(12)18/h4-7H,8-9H2,1-3H3. The van der Waals surface area contributed by atoms with Gasteiger partial charge in [0, 0.05) is 19.2 Å². The van der Waals surface area contributed by atoms with E-state index in [0.29, 0.717) is 16.7 Å². The van der Waals surface area contributed by atoms with E-state index in [1.807, 2.05) is 13.8 Å². The van der Waals surface area contributed by atoms with Crippen molar-refractivity contribution in [3.63, 3.8) is 0 Å². The monoisotopic (exact) mass is 392 g/mol. The highest BCUT2D eigenvalue weighted by Gasteiger charge is 2.17. The molecule has 1 amide bonds. The van der Waals surface area contributed by atoms with Gasteiger partial charge in [-0.2, -0.15) is 0 Å². The van der Waals surface area contributed by atoms with Gasteiger partial charge in [-0.05, 0) is 19.9 Å². The number of hydrogen-bond donors (Lipinski definition) is 0. The molecular weight excluding hydrogens is 375 g/mol. The summed E-state index contributed by atoms with van der Waals surface area (Å²) < 4.78 is 19.3. The fourth-order valence-corrected chi connectivity index (χ4v) is 3.84. The van der Waals surface area contributed by atoms with Gasteiger partial charge in [-0.25, -0.2) is 9.37 Å². The number of aryl methyl sites for hydroxylation is 2. The lowest BCUT2D eigenvalue weighted by molar-refractivity contribution is -0.127. The largest absolute Gasteiger partial charge is 0.410 e. The molecule has 0 aliphatic heterocycles. The fraction of sp³-hybridized carbons (Fsp3) is 0.294.